The Bertz CT molecular complexity index is 641. The van der Waals surface area contributed by atoms with Crippen LogP contribution >= 0.6 is 0 Å². The van der Waals surface area contributed by atoms with Gasteiger partial charge in [-0.3, -0.25) is 4.79 Å². The molecule has 0 saturated carbocycles. The molecular weight excluding hydrogens is 253 g/mol. The zero-order valence-corrected chi connectivity index (χ0v) is 10.8. The van der Waals surface area contributed by atoms with Gasteiger partial charge in [0, 0.05) is 11.3 Å². The summed E-state index contributed by atoms with van der Waals surface area (Å²) in [7, 11) is -1.57. The lowest BCUT2D eigenvalue weighted by molar-refractivity contribution is -0.111. The van der Waals surface area contributed by atoms with Crippen LogP contribution in [0.2, 0.25) is 0 Å². The van der Waals surface area contributed by atoms with Crippen LogP contribution in [0.3, 0.4) is 0 Å². The second kappa shape index (κ2) is 6.19. The van der Waals surface area contributed by atoms with E-state index in [1.54, 1.807) is 42.5 Å². The van der Waals surface area contributed by atoms with Crippen LogP contribution in [0.25, 0.3) is 11.1 Å². The Morgan fingerprint density at radius 3 is 2.30 bits per heavy atom. The molecule has 0 spiro atoms. The van der Waals surface area contributed by atoms with Crippen LogP contribution in [-0.4, -0.2) is 23.1 Å². The van der Waals surface area contributed by atoms with Crippen molar-refractivity contribution in [3.05, 3.63) is 61.2 Å². The van der Waals surface area contributed by atoms with Gasteiger partial charge in [-0.15, -0.1) is 0 Å². The molecule has 0 heterocycles. The molecule has 2 rings (SSSR count). The Kier molecular flexibility index (Phi) is 4.35. The number of amides is 1. The van der Waals surface area contributed by atoms with Crippen LogP contribution in [0.15, 0.2) is 61.2 Å². The smallest absolute Gasteiger partial charge is 0.423 e. The summed E-state index contributed by atoms with van der Waals surface area (Å²) < 4.78 is 0. The molecule has 1 amide bonds. The van der Waals surface area contributed by atoms with E-state index in [0.29, 0.717) is 22.3 Å². The normalized spacial score (nSPS) is 9.90. The zero-order chi connectivity index (χ0) is 14.5. The first kappa shape index (κ1) is 14.1. The van der Waals surface area contributed by atoms with E-state index in [4.69, 9.17) is 0 Å². The molecule has 100 valence electrons. The summed E-state index contributed by atoms with van der Waals surface area (Å²) in [5.74, 6) is -0.320. The Hall–Kier alpha value is -2.37. The topological polar surface area (TPSA) is 69.6 Å². The molecule has 0 fully saturated rings. The predicted molar refractivity (Wildman–Crippen MR) is 80.5 cm³/mol. The summed E-state index contributed by atoms with van der Waals surface area (Å²) in [5, 5.41) is 21.6. The Labute approximate surface area is 117 Å². The van der Waals surface area contributed by atoms with E-state index in [1.807, 2.05) is 6.07 Å². The minimum Gasteiger partial charge on any atom is -0.423 e. The SMILES string of the molecule is C=CC(=O)Nc1ccccc1-c1ccccc1B(O)O. The molecule has 0 aliphatic rings. The summed E-state index contributed by atoms with van der Waals surface area (Å²) >= 11 is 0. The number of hydrogen-bond donors (Lipinski definition) is 3. The highest BCUT2D eigenvalue weighted by Crippen LogP contribution is 2.26. The molecule has 0 aliphatic heterocycles. The lowest BCUT2D eigenvalue weighted by Crippen LogP contribution is -2.31. The van der Waals surface area contributed by atoms with Crippen molar-refractivity contribution < 1.29 is 14.8 Å². The van der Waals surface area contributed by atoms with Crippen molar-refractivity contribution >= 4 is 24.2 Å². The zero-order valence-electron chi connectivity index (χ0n) is 10.8. The standard InChI is InChI=1S/C15H14BNO3/c1-2-15(18)17-14-10-6-4-8-12(14)11-7-3-5-9-13(11)16(19)20/h2-10,19-20H,1H2,(H,17,18). The highest BCUT2D eigenvalue weighted by molar-refractivity contribution is 6.60. The number of para-hydroxylation sites is 1. The van der Waals surface area contributed by atoms with Gasteiger partial charge in [0.15, 0.2) is 0 Å². The predicted octanol–water partition coefficient (Wildman–Crippen LogP) is 1.16. The number of rotatable bonds is 4. The number of nitrogens with one attached hydrogen (secondary N) is 1. The molecule has 5 heteroatoms. The second-order valence-electron chi connectivity index (χ2n) is 4.20. The molecule has 2 aromatic carbocycles. The van der Waals surface area contributed by atoms with Crippen LogP contribution in [0.1, 0.15) is 0 Å². The maximum Gasteiger partial charge on any atom is 0.489 e. The molecule has 0 atom stereocenters. The lowest BCUT2D eigenvalue weighted by Gasteiger charge is -2.13. The Balaban J connectivity index is 2.53. The molecule has 0 radical (unpaired) electrons. The largest absolute Gasteiger partial charge is 0.489 e. The van der Waals surface area contributed by atoms with E-state index in [-0.39, 0.29) is 5.91 Å². The van der Waals surface area contributed by atoms with Crippen molar-refractivity contribution in [3.63, 3.8) is 0 Å². The maximum atomic E-state index is 11.5. The van der Waals surface area contributed by atoms with Crippen LogP contribution in [0.4, 0.5) is 5.69 Å². The molecular formula is C15H14BNO3. The number of carbonyl (C=O) groups is 1. The number of hydrogen-bond acceptors (Lipinski definition) is 3. The molecule has 0 bridgehead atoms. The van der Waals surface area contributed by atoms with E-state index in [2.05, 4.69) is 11.9 Å². The summed E-state index contributed by atoms with van der Waals surface area (Å²) in [6.45, 7) is 3.41. The van der Waals surface area contributed by atoms with Crippen LogP contribution in [0.5, 0.6) is 0 Å². The molecule has 20 heavy (non-hydrogen) atoms. The fraction of sp³-hybridized carbons (Fsp3) is 0. The summed E-state index contributed by atoms with van der Waals surface area (Å²) in [6, 6.07) is 14.1. The lowest BCUT2D eigenvalue weighted by atomic mass is 9.75. The van der Waals surface area contributed by atoms with Gasteiger partial charge in [0.2, 0.25) is 5.91 Å². The first-order valence-corrected chi connectivity index (χ1v) is 6.11. The third-order valence-electron chi connectivity index (χ3n) is 2.90. The van der Waals surface area contributed by atoms with E-state index < -0.39 is 7.12 Å². The van der Waals surface area contributed by atoms with Gasteiger partial charge in [0.1, 0.15) is 0 Å². The van der Waals surface area contributed by atoms with E-state index in [0.717, 1.165) is 0 Å². The van der Waals surface area contributed by atoms with Gasteiger partial charge in [-0.25, -0.2) is 0 Å². The molecule has 0 aliphatic carbocycles. The third-order valence-corrected chi connectivity index (χ3v) is 2.90. The average Bonchev–Trinajstić information content (AvgIpc) is 2.47. The first-order valence-electron chi connectivity index (χ1n) is 6.11. The van der Waals surface area contributed by atoms with Crippen LogP contribution in [-0.2, 0) is 4.79 Å². The molecule has 2 aromatic rings. The first-order chi connectivity index (χ1) is 9.63. The molecule has 0 aromatic heterocycles. The fourth-order valence-electron chi connectivity index (χ4n) is 1.98. The van der Waals surface area contributed by atoms with Gasteiger partial charge < -0.3 is 15.4 Å². The summed E-state index contributed by atoms with van der Waals surface area (Å²) in [5.41, 5.74) is 2.34. The number of benzene rings is 2. The monoisotopic (exact) mass is 267 g/mol. The van der Waals surface area contributed by atoms with Gasteiger partial charge in [-0.1, -0.05) is 49.0 Å². The quantitative estimate of drug-likeness (QED) is 0.575. The summed E-state index contributed by atoms with van der Waals surface area (Å²) in [6.07, 6.45) is 1.18. The van der Waals surface area contributed by atoms with Crippen LogP contribution < -0.4 is 10.8 Å². The van der Waals surface area contributed by atoms with Crippen molar-refractivity contribution in [2.75, 3.05) is 5.32 Å². The van der Waals surface area contributed by atoms with Gasteiger partial charge in [-0.2, -0.15) is 0 Å². The van der Waals surface area contributed by atoms with Crippen molar-refractivity contribution in [1.29, 1.82) is 0 Å². The van der Waals surface area contributed by atoms with Gasteiger partial charge >= 0.3 is 7.12 Å². The van der Waals surface area contributed by atoms with Gasteiger partial charge in [-0.05, 0) is 23.2 Å². The van der Waals surface area contributed by atoms with E-state index in [9.17, 15) is 14.8 Å². The number of anilines is 1. The molecule has 3 N–H and O–H groups in total. The Morgan fingerprint density at radius 1 is 1.05 bits per heavy atom. The molecule has 4 nitrogen and oxygen atoms in total. The van der Waals surface area contributed by atoms with Gasteiger partial charge in [0.05, 0.1) is 0 Å². The minimum atomic E-state index is -1.57. The maximum absolute atomic E-state index is 11.5. The Morgan fingerprint density at radius 2 is 1.65 bits per heavy atom. The highest BCUT2D eigenvalue weighted by atomic mass is 16.4. The second-order valence-corrected chi connectivity index (χ2v) is 4.20. The third kappa shape index (κ3) is 2.96. The van der Waals surface area contributed by atoms with Gasteiger partial charge in [0.25, 0.3) is 0 Å². The van der Waals surface area contributed by atoms with Crippen molar-refractivity contribution in [2.45, 2.75) is 0 Å². The minimum absolute atomic E-state index is 0.320. The van der Waals surface area contributed by atoms with Crippen molar-refractivity contribution in [3.8, 4) is 11.1 Å². The van der Waals surface area contributed by atoms with E-state index >= 15 is 0 Å². The summed E-state index contributed by atoms with van der Waals surface area (Å²) in [4.78, 5) is 11.5. The fourth-order valence-corrected chi connectivity index (χ4v) is 1.98. The average molecular weight is 267 g/mol. The highest BCUT2D eigenvalue weighted by Gasteiger charge is 2.18. The van der Waals surface area contributed by atoms with Crippen molar-refractivity contribution in [2.24, 2.45) is 0 Å². The van der Waals surface area contributed by atoms with Crippen molar-refractivity contribution in [1.82, 2.24) is 0 Å². The molecule has 0 saturated heterocycles. The van der Waals surface area contributed by atoms with E-state index in [1.165, 1.54) is 6.08 Å². The molecule has 0 unspecified atom stereocenters. The number of carbonyl (C=O) groups excluding carboxylic acids is 1. The van der Waals surface area contributed by atoms with Crippen LogP contribution in [0, 0.1) is 0 Å².